The standard InChI is InChI=1S/C16H17NO2S.ClH/c1-18-15-8-11-5-6-17-14(9-12-4-3-7-20-12)13(11)10-16(15)19-2;/h3-4,7-8,10H,5-6,9H2,1-2H3;1H. The Hall–Kier alpha value is -1.52. The molecule has 0 atom stereocenters. The second-order valence-corrected chi connectivity index (χ2v) is 5.73. The number of halogens is 1. The summed E-state index contributed by atoms with van der Waals surface area (Å²) in [5, 5.41) is 2.11. The molecule has 2 heterocycles. The summed E-state index contributed by atoms with van der Waals surface area (Å²) in [6, 6.07) is 8.37. The molecule has 0 bridgehead atoms. The van der Waals surface area contributed by atoms with Gasteiger partial charge in [-0.15, -0.1) is 23.7 Å². The first-order valence-electron chi connectivity index (χ1n) is 6.63. The van der Waals surface area contributed by atoms with E-state index in [1.165, 1.54) is 16.0 Å². The summed E-state index contributed by atoms with van der Waals surface area (Å²) >= 11 is 1.77. The van der Waals surface area contributed by atoms with Crippen molar-refractivity contribution in [3.05, 3.63) is 45.6 Å². The summed E-state index contributed by atoms with van der Waals surface area (Å²) in [6.07, 6.45) is 1.85. The molecule has 0 fully saturated rings. The van der Waals surface area contributed by atoms with Crippen LogP contribution in [0.2, 0.25) is 0 Å². The van der Waals surface area contributed by atoms with Gasteiger partial charge < -0.3 is 9.47 Å². The average molecular weight is 324 g/mol. The van der Waals surface area contributed by atoms with Crippen molar-refractivity contribution in [2.24, 2.45) is 4.99 Å². The topological polar surface area (TPSA) is 30.8 Å². The van der Waals surface area contributed by atoms with Crippen molar-refractivity contribution >= 4 is 29.5 Å². The molecule has 0 aliphatic carbocycles. The molecular weight excluding hydrogens is 306 g/mol. The molecule has 1 aliphatic rings. The van der Waals surface area contributed by atoms with Gasteiger partial charge in [-0.3, -0.25) is 4.99 Å². The Bertz CT molecular complexity index is 638. The molecule has 0 N–H and O–H groups in total. The number of hydrogen-bond acceptors (Lipinski definition) is 4. The molecule has 0 amide bonds. The summed E-state index contributed by atoms with van der Waals surface area (Å²) in [6.45, 7) is 0.850. The lowest BCUT2D eigenvalue weighted by Crippen LogP contribution is -2.15. The van der Waals surface area contributed by atoms with Gasteiger partial charge in [0.15, 0.2) is 11.5 Å². The van der Waals surface area contributed by atoms with Gasteiger partial charge in [-0.25, -0.2) is 0 Å². The number of aliphatic imine (C=N–C) groups is 1. The second-order valence-electron chi connectivity index (χ2n) is 4.70. The summed E-state index contributed by atoms with van der Waals surface area (Å²) in [4.78, 5) is 6.04. The van der Waals surface area contributed by atoms with Crippen LogP contribution in [0.3, 0.4) is 0 Å². The first-order chi connectivity index (χ1) is 9.81. The van der Waals surface area contributed by atoms with Gasteiger partial charge in [0.1, 0.15) is 0 Å². The van der Waals surface area contributed by atoms with Crippen molar-refractivity contribution in [3.63, 3.8) is 0 Å². The van der Waals surface area contributed by atoms with Crippen molar-refractivity contribution in [1.82, 2.24) is 0 Å². The van der Waals surface area contributed by atoms with Crippen molar-refractivity contribution in [3.8, 4) is 11.5 Å². The Morgan fingerprint density at radius 2 is 1.95 bits per heavy atom. The lowest BCUT2D eigenvalue weighted by atomic mass is 9.95. The zero-order valence-electron chi connectivity index (χ0n) is 12.1. The van der Waals surface area contributed by atoms with E-state index < -0.39 is 0 Å². The Morgan fingerprint density at radius 3 is 2.62 bits per heavy atom. The van der Waals surface area contributed by atoms with Gasteiger partial charge in [0.05, 0.1) is 14.2 Å². The number of thiophene rings is 1. The third-order valence-corrected chi connectivity index (χ3v) is 4.40. The first-order valence-corrected chi connectivity index (χ1v) is 7.50. The number of fused-ring (bicyclic) bond motifs is 1. The van der Waals surface area contributed by atoms with Crippen molar-refractivity contribution in [2.45, 2.75) is 12.8 Å². The van der Waals surface area contributed by atoms with Gasteiger partial charge in [-0.05, 0) is 35.6 Å². The van der Waals surface area contributed by atoms with E-state index in [0.717, 1.165) is 36.6 Å². The molecule has 5 heteroatoms. The van der Waals surface area contributed by atoms with Crippen LogP contribution in [0.15, 0.2) is 34.6 Å². The van der Waals surface area contributed by atoms with Crippen LogP contribution < -0.4 is 9.47 Å². The molecular formula is C16H18ClNO2S. The second kappa shape index (κ2) is 6.96. The third kappa shape index (κ3) is 3.22. The monoisotopic (exact) mass is 323 g/mol. The first kappa shape index (κ1) is 15.9. The summed E-state index contributed by atoms with van der Waals surface area (Å²) < 4.78 is 10.8. The maximum Gasteiger partial charge on any atom is 0.161 e. The Kier molecular flexibility index (Phi) is 5.26. The van der Waals surface area contributed by atoms with Crippen LogP contribution in [0.5, 0.6) is 11.5 Å². The number of nitrogens with zero attached hydrogens (tertiary/aromatic N) is 1. The molecule has 3 rings (SSSR count). The highest BCUT2D eigenvalue weighted by atomic mass is 35.5. The lowest BCUT2D eigenvalue weighted by Gasteiger charge is -2.19. The minimum atomic E-state index is 0. The van der Waals surface area contributed by atoms with Crippen LogP contribution in [0, 0.1) is 0 Å². The summed E-state index contributed by atoms with van der Waals surface area (Å²) in [7, 11) is 3.34. The predicted molar refractivity (Wildman–Crippen MR) is 89.9 cm³/mol. The van der Waals surface area contributed by atoms with E-state index in [4.69, 9.17) is 14.5 Å². The molecule has 0 unspecified atom stereocenters. The van der Waals surface area contributed by atoms with Crippen LogP contribution in [0.1, 0.15) is 16.0 Å². The van der Waals surface area contributed by atoms with Crippen LogP contribution >= 0.6 is 23.7 Å². The van der Waals surface area contributed by atoms with E-state index in [2.05, 4.69) is 29.6 Å². The molecule has 0 spiro atoms. The molecule has 1 aromatic heterocycles. The van der Waals surface area contributed by atoms with Gasteiger partial charge in [0.2, 0.25) is 0 Å². The van der Waals surface area contributed by atoms with Gasteiger partial charge >= 0.3 is 0 Å². The van der Waals surface area contributed by atoms with E-state index in [1.807, 2.05) is 0 Å². The molecule has 1 aromatic carbocycles. The third-order valence-electron chi connectivity index (χ3n) is 3.53. The average Bonchev–Trinajstić information content (AvgIpc) is 2.99. The van der Waals surface area contributed by atoms with E-state index >= 15 is 0 Å². The Labute approximate surface area is 135 Å². The van der Waals surface area contributed by atoms with E-state index in [9.17, 15) is 0 Å². The molecule has 2 aromatic rings. The fourth-order valence-electron chi connectivity index (χ4n) is 2.52. The zero-order chi connectivity index (χ0) is 13.9. The van der Waals surface area contributed by atoms with Gasteiger partial charge in [-0.1, -0.05) is 6.07 Å². The van der Waals surface area contributed by atoms with Crippen LogP contribution in [-0.2, 0) is 12.8 Å². The Balaban J connectivity index is 0.00000161. The fourth-order valence-corrected chi connectivity index (χ4v) is 3.23. The highest BCUT2D eigenvalue weighted by molar-refractivity contribution is 7.10. The smallest absolute Gasteiger partial charge is 0.161 e. The minimum Gasteiger partial charge on any atom is -0.493 e. The zero-order valence-corrected chi connectivity index (χ0v) is 13.7. The summed E-state index contributed by atoms with van der Waals surface area (Å²) in [5.74, 6) is 1.57. The number of hydrogen-bond donors (Lipinski definition) is 0. The van der Waals surface area contributed by atoms with Gasteiger partial charge in [0, 0.05) is 29.1 Å². The quantitative estimate of drug-likeness (QED) is 0.857. The number of benzene rings is 1. The van der Waals surface area contributed by atoms with Crippen LogP contribution in [0.25, 0.3) is 0 Å². The van der Waals surface area contributed by atoms with Crippen molar-refractivity contribution < 1.29 is 9.47 Å². The molecule has 0 saturated carbocycles. The van der Waals surface area contributed by atoms with Crippen molar-refractivity contribution in [2.75, 3.05) is 20.8 Å². The molecule has 3 nitrogen and oxygen atoms in total. The minimum absolute atomic E-state index is 0. The van der Waals surface area contributed by atoms with Gasteiger partial charge in [0.25, 0.3) is 0 Å². The molecule has 21 heavy (non-hydrogen) atoms. The largest absolute Gasteiger partial charge is 0.493 e. The number of rotatable bonds is 4. The Morgan fingerprint density at radius 1 is 1.19 bits per heavy atom. The number of methoxy groups -OCH3 is 2. The number of ether oxygens (including phenoxy) is 2. The highest BCUT2D eigenvalue weighted by Crippen LogP contribution is 2.33. The maximum absolute atomic E-state index is 5.41. The predicted octanol–water partition coefficient (Wildman–Crippen LogP) is 3.78. The normalized spacial score (nSPS) is 13.0. The fraction of sp³-hybridized carbons (Fsp3) is 0.312. The van der Waals surface area contributed by atoms with E-state index in [1.54, 1.807) is 25.6 Å². The maximum atomic E-state index is 5.41. The van der Waals surface area contributed by atoms with E-state index in [-0.39, 0.29) is 12.4 Å². The van der Waals surface area contributed by atoms with Crippen molar-refractivity contribution in [1.29, 1.82) is 0 Å². The highest BCUT2D eigenvalue weighted by Gasteiger charge is 2.18. The van der Waals surface area contributed by atoms with Crippen LogP contribution in [0.4, 0.5) is 0 Å². The molecule has 0 saturated heterocycles. The lowest BCUT2D eigenvalue weighted by molar-refractivity contribution is 0.354. The van der Waals surface area contributed by atoms with Gasteiger partial charge in [-0.2, -0.15) is 0 Å². The summed E-state index contributed by atoms with van der Waals surface area (Å²) in [5.41, 5.74) is 3.64. The van der Waals surface area contributed by atoms with Crippen LogP contribution in [-0.4, -0.2) is 26.5 Å². The molecule has 112 valence electrons. The SMILES string of the molecule is COc1cc2c(cc1OC)C(Cc1cccs1)=NCC2.Cl. The molecule has 0 radical (unpaired) electrons. The van der Waals surface area contributed by atoms with E-state index in [0.29, 0.717) is 0 Å². The molecule has 1 aliphatic heterocycles.